The minimum atomic E-state index is -0.987. The van der Waals surface area contributed by atoms with Gasteiger partial charge < -0.3 is 10.8 Å². The van der Waals surface area contributed by atoms with Gasteiger partial charge in [0.2, 0.25) is 0 Å². The molecule has 1 atom stereocenters. The highest BCUT2D eigenvalue weighted by atomic mass is 32.2. The first-order valence-corrected chi connectivity index (χ1v) is 7.18. The normalized spacial score (nSPS) is 12.4. The summed E-state index contributed by atoms with van der Waals surface area (Å²) in [5, 5.41) is 8.56. The molecule has 0 unspecified atom stereocenters. The minimum absolute atomic E-state index is 0.218. The molecule has 0 spiro atoms. The van der Waals surface area contributed by atoms with Crippen LogP contribution < -0.4 is 5.73 Å². The lowest BCUT2D eigenvalue weighted by atomic mass is 10.3. The van der Waals surface area contributed by atoms with Crippen LogP contribution in [-0.4, -0.2) is 34.4 Å². The van der Waals surface area contributed by atoms with Crippen LogP contribution in [0.5, 0.6) is 0 Å². The number of halogens is 1. The summed E-state index contributed by atoms with van der Waals surface area (Å²) in [6.45, 7) is 0. The Morgan fingerprint density at radius 1 is 1.41 bits per heavy atom. The van der Waals surface area contributed by atoms with Crippen molar-refractivity contribution < 1.29 is 14.3 Å². The van der Waals surface area contributed by atoms with Crippen LogP contribution in [0.3, 0.4) is 0 Å². The first-order valence-electron chi connectivity index (χ1n) is 5.04. The SMILES string of the molecule is N[C@H](CSCCSc1ccccc1F)C(=O)O. The van der Waals surface area contributed by atoms with Crippen LogP contribution in [-0.2, 0) is 4.79 Å². The average molecular weight is 275 g/mol. The van der Waals surface area contributed by atoms with E-state index in [1.807, 2.05) is 0 Å². The molecule has 0 heterocycles. The van der Waals surface area contributed by atoms with Crippen molar-refractivity contribution in [1.82, 2.24) is 0 Å². The topological polar surface area (TPSA) is 63.3 Å². The third kappa shape index (κ3) is 5.43. The van der Waals surface area contributed by atoms with Crippen molar-refractivity contribution in [2.45, 2.75) is 10.9 Å². The van der Waals surface area contributed by atoms with E-state index in [0.29, 0.717) is 10.6 Å². The molecule has 3 nitrogen and oxygen atoms in total. The van der Waals surface area contributed by atoms with Crippen molar-refractivity contribution in [1.29, 1.82) is 0 Å². The fraction of sp³-hybridized carbons (Fsp3) is 0.364. The maximum atomic E-state index is 13.2. The Balaban J connectivity index is 2.17. The van der Waals surface area contributed by atoms with Gasteiger partial charge in [-0.05, 0) is 12.1 Å². The summed E-state index contributed by atoms with van der Waals surface area (Å²) in [5.41, 5.74) is 5.35. The maximum absolute atomic E-state index is 13.2. The number of benzene rings is 1. The molecular formula is C11H14FNO2S2. The molecule has 0 aliphatic carbocycles. The van der Waals surface area contributed by atoms with Gasteiger partial charge in [0.15, 0.2) is 0 Å². The number of hydrogen-bond donors (Lipinski definition) is 2. The smallest absolute Gasteiger partial charge is 0.321 e. The van der Waals surface area contributed by atoms with Gasteiger partial charge >= 0.3 is 5.97 Å². The third-order valence-electron chi connectivity index (χ3n) is 1.94. The third-order valence-corrected chi connectivity index (χ3v) is 4.33. The van der Waals surface area contributed by atoms with Gasteiger partial charge in [0, 0.05) is 22.2 Å². The van der Waals surface area contributed by atoms with Gasteiger partial charge in [-0.2, -0.15) is 11.8 Å². The van der Waals surface area contributed by atoms with Gasteiger partial charge in [0.1, 0.15) is 11.9 Å². The number of carbonyl (C=O) groups is 1. The molecule has 94 valence electrons. The zero-order valence-electron chi connectivity index (χ0n) is 9.14. The van der Waals surface area contributed by atoms with E-state index in [0.717, 1.165) is 11.5 Å². The molecule has 1 aromatic carbocycles. The highest BCUT2D eigenvalue weighted by Gasteiger charge is 2.10. The Labute approximate surface area is 108 Å². The number of rotatable bonds is 7. The van der Waals surface area contributed by atoms with E-state index in [4.69, 9.17) is 10.8 Å². The first-order chi connectivity index (χ1) is 8.11. The van der Waals surface area contributed by atoms with Gasteiger partial charge in [-0.25, -0.2) is 4.39 Å². The molecule has 0 saturated carbocycles. The lowest BCUT2D eigenvalue weighted by molar-refractivity contribution is -0.137. The second-order valence-corrected chi connectivity index (χ2v) is 5.59. The van der Waals surface area contributed by atoms with E-state index in [1.165, 1.54) is 29.6 Å². The highest BCUT2D eigenvalue weighted by Crippen LogP contribution is 2.22. The molecule has 3 N–H and O–H groups in total. The molecule has 0 aromatic heterocycles. The van der Waals surface area contributed by atoms with Crippen LogP contribution in [0.4, 0.5) is 4.39 Å². The fourth-order valence-electron chi connectivity index (χ4n) is 1.05. The molecule has 0 amide bonds. The van der Waals surface area contributed by atoms with E-state index in [9.17, 15) is 9.18 Å². The molecule has 0 saturated heterocycles. The monoisotopic (exact) mass is 275 g/mol. The first kappa shape index (κ1) is 14.3. The summed E-state index contributed by atoms with van der Waals surface area (Å²) in [5.74, 6) is 0.662. The number of nitrogens with two attached hydrogens (primary N) is 1. The molecule has 1 rings (SSSR count). The van der Waals surface area contributed by atoms with E-state index in [1.54, 1.807) is 18.2 Å². The predicted octanol–water partition coefficient (Wildman–Crippen LogP) is 2.06. The van der Waals surface area contributed by atoms with Gasteiger partial charge in [0.25, 0.3) is 0 Å². The summed E-state index contributed by atoms with van der Waals surface area (Å²) >= 11 is 2.89. The number of carboxylic acids is 1. The minimum Gasteiger partial charge on any atom is -0.480 e. The van der Waals surface area contributed by atoms with Crippen molar-refractivity contribution >= 4 is 29.5 Å². The van der Waals surface area contributed by atoms with Gasteiger partial charge in [0.05, 0.1) is 0 Å². The lowest BCUT2D eigenvalue weighted by Crippen LogP contribution is -2.32. The Morgan fingerprint density at radius 2 is 2.12 bits per heavy atom. The summed E-state index contributed by atoms with van der Waals surface area (Å²) in [4.78, 5) is 11.1. The fourth-order valence-corrected chi connectivity index (χ4v) is 3.02. The standard InChI is InChI=1S/C11H14FNO2S2/c12-8-3-1-2-4-10(8)17-6-5-16-7-9(13)11(14)15/h1-4,9H,5-7,13H2,(H,14,15)/t9-/m1/s1. The Hall–Kier alpha value is -0.720. The summed E-state index contributed by atoms with van der Waals surface area (Å²) in [7, 11) is 0. The van der Waals surface area contributed by atoms with Crippen molar-refractivity contribution in [3.05, 3.63) is 30.1 Å². The molecule has 0 bridgehead atoms. The van der Waals surface area contributed by atoms with E-state index in [2.05, 4.69) is 0 Å². The Morgan fingerprint density at radius 3 is 2.76 bits per heavy atom. The van der Waals surface area contributed by atoms with Crippen LogP contribution in [0.25, 0.3) is 0 Å². The van der Waals surface area contributed by atoms with E-state index >= 15 is 0 Å². The number of aliphatic carboxylic acids is 1. The second kappa shape index (κ2) is 7.58. The molecule has 0 aliphatic heterocycles. The average Bonchev–Trinajstić information content (AvgIpc) is 2.30. The summed E-state index contributed by atoms with van der Waals surface area (Å²) in [6, 6.07) is 5.78. The molecule has 0 aliphatic rings. The molecule has 6 heteroatoms. The largest absolute Gasteiger partial charge is 0.480 e. The van der Waals surface area contributed by atoms with Crippen molar-refractivity contribution in [2.24, 2.45) is 5.73 Å². The molecule has 17 heavy (non-hydrogen) atoms. The van der Waals surface area contributed by atoms with Crippen LogP contribution >= 0.6 is 23.5 Å². The van der Waals surface area contributed by atoms with Crippen molar-refractivity contribution in [3.63, 3.8) is 0 Å². The number of hydrogen-bond acceptors (Lipinski definition) is 4. The van der Waals surface area contributed by atoms with Crippen LogP contribution in [0.15, 0.2) is 29.2 Å². The quantitative estimate of drug-likeness (QED) is 0.589. The van der Waals surface area contributed by atoms with E-state index < -0.39 is 12.0 Å². The van der Waals surface area contributed by atoms with Crippen molar-refractivity contribution in [2.75, 3.05) is 17.3 Å². The predicted molar refractivity (Wildman–Crippen MR) is 70.1 cm³/mol. The zero-order valence-corrected chi connectivity index (χ0v) is 10.8. The van der Waals surface area contributed by atoms with Crippen LogP contribution in [0, 0.1) is 5.82 Å². The maximum Gasteiger partial charge on any atom is 0.321 e. The van der Waals surface area contributed by atoms with Gasteiger partial charge in [-0.15, -0.1) is 11.8 Å². The lowest BCUT2D eigenvalue weighted by Gasteiger charge is -2.06. The Bertz CT molecular complexity index is 376. The van der Waals surface area contributed by atoms with E-state index in [-0.39, 0.29) is 5.82 Å². The number of thioether (sulfide) groups is 2. The van der Waals surface area contributed by atoms with Crippen LogP contribution in [0.2, 0.25) is 0 Å². The molecular weight excluding hydrogens is 261 g/mol. The second-order valence-electron chi connectivity index (χ2n) is 3.30. The van der Waals surface area contributed by atoms with Gasteiger partial charge in [-0.1, -0.05) is 12.1 Å². The van der Waals surface area contributed by atoms with Crippen molar-refractivity contribution in [3.8, 4) is 0 Å². The summed E-state index contributed by atoms with van der Waals surface area (Å²) < 4.78 is 13.2. The Kier molecular flexibility index (Phi) is 6.39. The number of carboxylic acid groups (broad SMARTS) is 1. The summed E-state index contributed by atoms with van der Waals surface area (Å²) in [6.07, 6.45) is 0. The van der Waals surface area contributed by atoms with Gasteiger partial charge in [-0.3, -0.25) is 4.79 Å². The molecule has 0 radical (unpaired) electrons. The highest BCUT2D eigenvalue weighted by molar-refractivity contribution is 8.03. The zero-order chi connectivity index (χ0) is 12.7. The molecule has 1 aromatic rings. The van der Waals surface area contributed by atoms with Crippen LogP contribution in [0.1, 0.15) is 0 Å². The molecule has 0 fully saturated rings.